The summed E-state index contributed by atoms with van der Waals surface area (Å²) in [7, 11) is 0. The van der Waals surface area contributed by atoms with Gasteiger partial charge in [-0.25, -0.2) is 0 Å². The molecule has 1 aromatic rings. The van der Waals surface area contributed by atoms with Crippen LogP contribution in [0.15, 0.2) is 41.0 Å². The van der Waals surface area contributed by atoms with Crippen molar-refractivity contribution in [2.24, 2.45) is 10.9 Å². The normalized spacial score (nSPS) is 16.4. The minimum Gasteiger partial charge on any atom is -0.265 e. The van der Waals surface area contributed by atoms with Gasteiger partial charge in [-0.2, -0.15) is 13.2 Å². The molecule has 1 aliphatic heterocycles. The van der Waals surface area contributed by atoms with Crippen molar-refractivity contribution < 1.29 is 13.2 Å². The van der Waals surface area contributed by atoms with Gasteiger partial charge in [-0.15, -0.1) is 0 Å². The monoisotopic (exact) mass is 309 g/mol. The molecule has 0 aromatic heterocycles. The van der Waals surface area contributed by atoms with Crippen LogP contribution in [0.5, 0.6) is 0 Å². The molecule has 1 aliphatic rings. The van der Waals surface area contributed by atoms with Crippen LogP contribution in [0.25, 0.3) is 0 Å². The Labute approximate surface area is 130 Å². The van der Waals surface area contributed by atoms with E-state index in [1.54, 1.807) is 12.1 Å². The molecule has 4 heteroatoms. The Kier molecular flexibility index (Phi) is 5.43. The number of unbranched alkanes of at least 4 members (excludes halogenated alkanes) is 1. The van der Waals surface area contributed by atoms with Gasteiger partial charge in [0.2, 0.25) is 0 Å². The third-order valence-electron chi connectivity index (χ3n) is 4.09. The zero-order chi connectivity index (χ0) is 16.2. The third kappa shape index (κ3) is 4.46. The van der Waals surface area contributed by atoms with Gasteiger partial charge in [0.05, 0.1) is 5.56 Å². The van der Waals surface area contributed by atoms with E-state index in [2.05, 4.69) is 18.8 Å². The van der Waals surface area contributed by atoms with Gasteiger partial charge in [-0.3, -0.25) is 4.99 Å². The van der Waals surface area contributed by atoms with Crippen molar-refractivity contribution in [3.63, 3.8) is 0 Å². The highest BCUT2D eigenvalue weighted by atomic mass is 19.4. The van der Waals surface area contributed by atoms with Crippen molar-refractivity contribution in [3.8, 4) is 0 Å². The van der Waals surface area contributed by atoms with Crippen molar-refractivity contribution in [3.05, 3.63) is 47.2 Å². The first-order chi connectivity index (χ1) is 10.4. The second-order valence-corrected chi connectivity index (χ2v) is 6.00. The van der Waals surface area contributed by atoms with E-state index in [9.17, 15) is 13.2 Å². The first kappa shape index (κ1) is 16.8. The number of nitrogens with zero attached hydrogens (tertiary/aromatic N) is 1. The SMILES string of the molecule is CCCCC(C)C1=NC=C(Cc2ccc(C(F)(F)F)cc2)C1. The molecule has 1 aromatic carbocycles. The van der Waals surface area contributed by atoms with Crippen molar-refractivity contribution >= 4 is 5.71 Å². The van der Waals surface area contributed by atoms with Gasteiger partial charge < -0.3 is 0 Å². The van der Waals surface area contributed by atoms with Gasteiger partial charge in [-0.05, 0) is 42.0 Å². The summed E-state index contributed by atoms with van der Waals surface area (Å²) in [6.07, 6.45) is 2.68. The fourth-order valence-electron chi connectivity index (χ4n) is 2.66. The molecular formula is C18H22F3N. The number of rotatable bonds is 6. The van der Waals surface area contributed by atoms with Crippen LogP contribution in [0, 0.1) is 5.92 Å². The number of hydrogen-bond acceptors (Lipinski definition) is 1. The summed E-state index contributed by atoms with van der Waals surface area (Å²) in [4.78, 5) is 4.50. The predicted molar refractivity (Wildman–Crippen MR) is 84.0 cm³/mol. The average Bonchev–Trinajstić information content (AvgIpc) is 2.93. The highest BCUT2D eigenvalue weighted by Crippen LogP contribution is 2.30. The van der Waals surface area contributed by atoms with Crippen LogP contribution in [-0.2, 0) is 12.6 Å². The Morgan fingerprint density at radius 1 is 1.18 bits per heavy atom. The van der Waals surface area contributed by atoms with Crippen LogP contribution in [0.1, 0.15) is 50.7 Å². The standard InChI is InChI=1S/C18H22F3N/c1-3-4-5-13(2)17-11-15(12-22-17)10-14-6-8-16(9-7-14)18(19,20)21/h6-9,12-13H,3-5,10-11H2,1-2H3. The lowest BCUT2D eigenvalue weighted by Crippen LogP contribution is -2.09. The van der Waals surface area contributed by atoms with Crippen LogP contribution >= 0.6 is 0 Å². The Hall–Kier alpha value is -1.58. The Balaban J connectivity index is 1.89. The molecule has 0 radical (unpaired) electrons. The van der Waals surface area contributed by atoms with Gasteiger partial charge in [0.25, 0.3) is 0 Å². The lowest BCUT2D eigenvalue weighted by Gasteiger charge is -2.12. The summed E-state index contributed by atoms with van der Waals surface area (Å²) in [5.74, 6) is 0.487. The Bertz CT molecular complexity index is 553. The molecule has 0 aliphatic carbocycles. The van der Waals surface area contributed by atoms with Crippen LogP contribution < -0.4 is 0 Å². The molecule has 1 atom stereocenters. The first-order valence-corrected chi connectivity index (χ1v) is 7.80. The number of aliphatic imine (C=N–C) groups is 1. The molecule has 0 amide bonds. The zero-order valence-electron chi connectivity index (χ0n) is 13.1. The van der Waals surface area contributed by atoms with Gasteiger partial charge in [0.1, 0.15) is 0 Å². The molecule has 2 rings (SSSR count). The molecule has 0 saturated carbocycles. The van der Waals surface area contributed by atoms with Gasteiger partial charge in [-0.1, -0.05) is 38.8 Å². The third-order valence-corrected chi connectivity index (χ3v) is 4.09. The quantitative estimate of drug-likeness (QED) is 0.629. The summed E-state index contributed by atoms with van der Waals surface area (Å²) in [5.41, 5.74) is 2.69. The summed E-state index contributed by atoms with van der Waals surface area (Å²) < 4.78 is 37.6. The van der Waals surface area contributed by atoms with E-state index < -0.39 is 11.7 Å². The fraction of sp³-hybridized carbons (Fsp3) is 0.500. The van der Waals surface area contributed by atoms with Gasteiger partial charge in [0, 0.05) is 18.3 Å². The maximum absolute atomic E-state index is 12.5. The highest BCUT2D eigenvalue weighted by molar-refractivity contribution is 5.91. The second kappa shape index (κ2) is 7.12. The summed E-state index contributed by atoms with van der Waals surface area (Å²) in [5, 5.41) is 0. The van der Waals surface area contributed by atoms with Crippen molar-refractivity contribution in [2.45, 2.75) is 52.1 Å². The van der Waals surface area contributed by atoms with Crippen LogP contribution in [-0.4, -0.2) is 5.71 Å². The Morgan fingerprint density at radius 3 is 2.45 bits per heavy atom. The maximum atomic E-state index is 12.5. The summed E-state index contributed by atoms with van der Waals surface area (Å²) in [6.45, 7) is 4.38. The van der Waals surface area contributed by atoms with Gasteiger partial charge in [0.15, 0.2) is 0 Å². The van der Waals surface area contributed by atoms with E-state index in [0.29, 0.717) is 12.3 Å². The lowest BCUT2D eigenvalue weighted by molar-refractivity contribution is -0.137. The molecule has 120 valence electrons. The van der Waals surface area contributed by atoms with E-state index in [1.165, 1.54) is 24.1 Å². The summed E-state index contributed by atoms with van der Waals surface area (Å²) in [6, 6.07) is 5.41. The molecule has 0 spiro atoms. The van der Waals surface area contributed by atoms with Crippen LogP contribution in [0.4, 0.5) is 13.2 Å². The molecule has 1 unspecified atom stereocenters. The smallest absolute Gasteiger partial charge is 0.265 e. The molecule has 1 heterocycles. The van der Waals surface area contributed by atoms with E-state index >= 15 is 0 Å². The largest absolute Gasteiger partial charge is 0.416 e. The molecular weight excluding hydrogens is 287 g/mol. The number of alkyl halides is 3. The fourth-order valence-corrected chi connectivity index (χ4v) is 2.66. The molecule has 0 fully saturated rings. The predicted octanol–water partition coefficient (Wildman–Crippen LogP) is 5.80. The molecule has 0 bridgehead atoms. The number of halogens is 3. The van der Waals surface area contributed by atoms with E-state index in [-0.39, 0.29) is 0 Å². The molecule has 0 saturated heterocycles. The number of benzene rings is 1. The number of allylic oxidation sites excluding steroid dienone is 1. The van der Waals surface area contributed by atoms with Crippen molar-refractivity contribution in [1.82, 2.24) is 0 Å². The maximum Gasteiger partial charge on any atom is 0.416 e. The Morgan fingerprint density at radius 2 is 1.86 bits per heavy atom. The van der Waals surface area contributed by atoms with Crippen molar-refractivity contribution in [1.29, 1.82) is 0 Å². The van der Waals surface area contributed by atoms with Crippen LogP contribution in [0.2, 0.25) is 0 Å². The van der Waals surface area contributed by atoms with Crippen molar-refractivity contribution in [2.75, 3.05) is 0 Å². The topological polar surface area (TPSA) is 12.4 Å². The minimum atomic E-state index is -4.27. The molecule has 1 nitrogen and oxygen atoms in total. The second-order valence-electron chi connectivity index (χ2n) is 6.00. The van der Waals surface area contributed by atoms with E-state index in [1.807, 2.05) is 6.20 Å². The van der Waals surface area contributed by atoms with E-state index in [4.69, 9.17) is 0 Å². The number of hydrogen-bond donors (Lipinski definition) is 0. The summed E-state index contributed by atoms with van der Waals surface area (Å²) >= 11 is 0. The zero-order valence-corrected chi connectivity index (χ0v) is 13.1. The van der Waals surface area contributed by atoms with Gasteiger partial charge >= 0.3 is 6.18 Å². The average molecular weight is 309 g/mol. The highest BCUT2D eigenvalue weighted by Gasteiger charge is 2.30. The minimum absolute atomic E-state index is 0.487. The van der Waals surface area contributed by atoms with Crippen LogP contribution in [0.3, 0.4) is 0 Å². The van der Waals surface area contributed by atoms with E-state index in [0.717, 1.165) is 30.5 Å². The lowest BCUT2D eigenvalue weighted by atomic mass is 9.93. The first-order valence-electron chi connectivity index (χ1n) is 7.80. The molecule has 0 N–H and O–H groups in total. The molecule has 22 heavy (non-hydrogen) atoms.